The van der Waals surface area contributed by atoms with E-state index in [1.165, 1.54) is 6.92 Å². The smallest absolute Gasteiger partial charge is 0.251 e. The summed E-state index contributed by atoms with van der Waals surface area (Å²) in [5.41, 5.74) is 5.20. The number of benzene rings is 2. The molecule has 1 unspecified atom stereocenters. The third kappa shape index (κ3) is 7.16. The van der Waals surface area contributed by atoms with E-state index in [-0.39, 0.29) is 18.6 Å². The van der Waals surface area contributed by atoms with Crippen molar-refractivity contribution in [3.63, 3.8) is 0 Å². The van der Waals surface area contributed by atoms with E-state index in [1.807, 2.05) is 74.0 Å². The molecule has 0 bridgehead atoms. The molecule has 0 spiro atoms. The molecule has 8 nitrogen and oxygen atoms in total. The standard InChI is InChI=1S/C30H33ClN4O4/c1-18(2)39-27-12-11-23(15-25(27)31)30(38)33-24(16-32-29(37)20(4)36)14-21-7-9-22(10-8-21)26-17-35-13-5-6-19(3)28(35)34-26/h5-13,15,17-18,20,24,36H,14,16H2,1-4H3,(H,32,37)(H,33,38)/t20?,24-/m0/s1. The van der Waals surface area contributed by atoms with Crippen molar-refractivity contribution in [3.8, 4) is 17.0 Å². The summed E-state index contributed by atoms with van der Waals surface area (Å²) in [5, 5.41) is 15.6. The fourth-order valence-electron chi connectivity index (χ4n) is 4.19. The van der Waals surface area contributed by atoms with Crippen molar-refractivity contribution >= 4 is 29.1 Å². The first-order valence-electron chi connectivity index (χ1n) is 12.9. The molecule has 204 valence electrons. The molecule has 2 amide bonds. The second-order valence-corrected chi connectivity index (χ2v) is 10.3. The van der Waals surface area contributed by atoms with Crippen LogP contribution in [0.4, 0.5) is 0 Å². The molecule has 0 saturated carbocycles. The molecule has 0 aliphatic rings. The highest BCUT2D eigenvalue weighted by molar-refractivity contribution is 6.32. The largest absolute Gasteiger partial charge is 0.489 e. The zero-order chi connectivity index (χ0) is 28.1. The lowest BCUT2D eigenvalue weighted by atomic mass is 10.0. The zero-order valence-corrected chi connectivity index (χ0v) is 23.2. The van der Waals surface area contributed by atoms with Crippen LogP contribution >= 0.6 is 11.6 Å². The van der Waals surface area contributed by atoms with Crippen LogP contribution in [0.5, 0.6) is 5.75 Å². The van der Waals surface area contributed by atoms with E-state index in [0.29, 0.717) is 22.8 Å². The van der Waals surface area contributed by atoms with Gasteiger partial charge in [-0.15, -0.1) is 0 Å². The van der Waals surface area contributed by atoms with Gasteiger partial charge < -0.3 is 24.9 Å². The maximum Gasteiger partial charge on any atom is 0.251 e. The Morgan fingerprint density at radius 2 is 1.85 bits per heavy atom. The summed E-state index contributed by atoms with van der Waals surface area (Å²) in [6, 6.07) is 16.4. The van der Waals surface area contributed by atoms with Crippen LogP contribution in [0.1, 0.15) is 42.3 Å². The van der Waals surface area contributed by atoms with Crippen molar-refractivity contribution < 1.29 is 19.4 Å². The number of hydrogen-bond donors (Lipinski definition) is 3. The molecule has 4 aromatic rings. The topological polar surface area (TPSA) is 105 Å². The Hall–Kier alpha value is -3.88. The number of halogens is 1. The summed E-state index contributed by atoms with van der Waals surface area (Å²) in [6.45, 7) is 7.36. The van der Waals surface area contributed by atoms with Gasteiger partial charge in [0.1, 0.15) is 17.5 Å². The van der Waals surface area contributed by atoms with Gasteiger partial charge in [0.25, 0.3) is 5.91 Å². The van der Waals surface area contributed by atoms with Crippen molar-refractivity contribution in [2.45, 2.75) is 52.4 Å². The second-order valence-electron chi connectivity index (χ2n) is 9.85. The predicted octanol–water partition coefficient (Wildman–Crippen LogP) is 4.59. The lowest BCUT2D eigenvalue weighted by Gasteiger charge is -2.21. The highest BCUT2D eigenvalue weighted by Gasteiger charge is 2.19. The number of nitrogens with one attached hydrogen (secondary N) is 2. The van der Waals surface area contributed by atoms with Crippen molar-refractivity contribution in [1.29, 1.82) is 0 Å². The number of imidazole rings is 1. The molecule has 2 aromatic heterocycles. The van der Waals surface area contributed by atoms with E-state index in [4.69, 9.17) is 21.3 Å². The molecule has 39 heavy (non-hydrogen) atoms. The van der Waals surface area contributed by atoms with Gasteiger partial charge in [0.15, 0.2) is 0 Å². The average molecular weight is 549 g/mol. The van der Waals surface area contributed by atoms with Crippen LogP contribution in [0.25, 0.3) is 16.9 Å². The Bertz CT molecular complexity index is 1460. The Morgan fingerprint density at radius 3 is 2.49 bits per heavy atom. The van der Waals surface area contributed by atoms with E-state index >= 15 is 0 Å². The average Bonchev–Trinajstić information content (AvgIpc) is 3.34. The quantitative estimate of drug-likeness (QED) is 0.269. The lowest BCUT2D eigenvalue weighted by Crippen LogP contribution is -2.46. The van der Waals surface area contributed by atoms with E-state index in [1.54, 1.807) is 18.2 Å². The monoisotopic (exact) mass is 548 g/mol. The fraction of sp³-hybridized carbons (Fsp3) is 0.300. The van der Waals surface area contributed by atoms with Gasteiger partial charge in [0.2, 0.25) is 5.91 Å². The Morgan fingerprint density at radius 1 is 1.10 bits per heavy atom. The molecule has 2 heterocycles. The molecular formula is C30H33ClN4O4. The van der Waals surface area contributed by atoms with Gasteiger partial charge in [-0.25, -0.2) is 4.98 Å². The molecule has 0 saturated heterocycles. The molecule has 0 aliphatic carbocycles. The van der Waals surface area contributed by atoms with Crippen LogP contribution in [-0.4, -0.2) is 51.1 Å². The highest BCUT2D eigenvalue weighted by Crippen LogP contribution is 2.26. The third-order valence-electron chi connectivity index (χ3n) is 6.20. The number of pyridine rings is 1. The van der Waals surface area contributed by atoms with E-state index in [0.717, 1.165) is 28.0 Å². The van der Waals surface area contributed by atoms with Gasteiger partial charge >= 0.3 is 0 Å². The molecule has 0 aliphatic heterocycles. The van der Waals surface area contributed by atoms with Gasteiger partial charge in [0.05, 0.1) is 22.9 Å². The number of hydrogen-bond acceptors (Lipinski definition) is 5. The molecule has 2 aromatic carbocycles. The minimum atomic E-state index is -1.15. The van der Waals surface area contributed by atoms with Crippen LogP contribution in [0.15, 0.2) is 67.0 Å². The molecular weight excluding hydrogens is 516 g/mol. The van der Waals surface area contributed by atoms with E-state index < -0.39 is 18.1 Å². The number of rotatable bonds is 10. The number of amides is 2. The molecule has 3 N–H and O–H groups in total. The number of aryl methyl sites for hydroxylation is 1. The van der Waals surface area contributed by atoms with Gasteiger partial charge in [-0.3, -0.25) is 9.59 Å². The molecule has 0 fully saturated rings. The first-order chi connectivity index (χ1) is 18.6. The maximum atomic E-state index is 13.1. The van der Waals surface area contributed by atoms with Crippen LogP contribution in [0, 0.1) is 6.92 Å². The van der Waals surface area contributed by atoms with Crippen LogP contribution < -0.4 is 15.4 Å². The summed E-state index contributed by atoms with van der Waals surface area (Å²) in [5.74, 6) is -0.337. The Balaban J connectivity index is 1.49. The zero-order valence-electron chi connectivity index (χ0n) is 22.4. The number of aliphatic hydroxyl groups excluding tert-OH is 1. The highest BCUT2D eigenvalue weighted by atomic mass is 35.5. The number of ether oxygens (including phenoxy) is 1. The lowest BCUT2D eigenvalue weighted by molar-refractivity contribution is -0.128. The molecule has 2 atom stereocenters. The minimum absolute atomic E-state index is 0.0488. The van der Waals surface area contributed by atoms with Crippen molar-refractivity contribution in [2.24, 2.45) is 0 Å². The van der Waals surface area contributed by atoms with Crippen molar-refractivity contribution in [1.82, 2.24) is 20.0 Å². The number of nitrogens with zero attached hydrogens (tertiary/aromatic N) is 2. The number of aromatic nitrogens is 2. The van der Waals surface area contributed by atoms with Gasteiger partial charge in [-0.2, -0.15) is 0 Å². The Labute approximate surface area is 233 Å². The van der Waals surface area contributed by atoms with Crippen LogP contribution in [0.3, 0.4) is 0 Å². The summed E-state index contributed by atoms with van der Waals surface area (Å²) in [6.07, 6.45) is 3.22. The minimum Gasteiger partial charge on any atom is -0.489 e. The maximum absolute atomic E-state index is 13.1. The number of aliphatic hydroxyl groups is 1. The second kappa shape index (κ2) is 12.3. The van der Waals surface area contributed by atoms with Crippen LogP contribution in [-0.2, 0) is 11.2 Å². The molecule has 4 rings (SSSR count). The number of carbonyl (C=O) groups excluding carboxylic acids is 2. The number of fused-ring (bicyclic) bond motifs is 1. The first-order valence-corrected chi connectivity index (χ1v) is 13.2. The third-order valence-corrected chi connectivity index (χ3v) is 6.50. The van der Waals surface area contributed by atoms with Crippen LogP contribution in [0.2, 0.25) is 5.02 Å². The van der Waals surface area contributed by atoms with E-state index in [2.05, 4.69) is 10.6 Å². The summed E-state index contributed by atoms with van der Waals surface area (Å²) in [4.78, 5) is 29.8. The molecule has 9 heteroatoms. The normalized spacial score (nSPS) is 12.8. The summed E-state index contributed by atoms with van der Waals surface area (Å²) >= 11 is 6.32. The van der Waals surface area contributed by atoms with Crippen molar-refractivity contribution in [2.75, 3.05) is 6.54 Å². The fourth-order valence-corrected chi connectivity index (χ4v) is 4.42. The Kier molecular flexibility index (Phi) is 8.89. The summed E-state index contributed by atoms with van der Waals surface area (Å²) < 4.78 is 7.65. The SMILES string of the molecule is Cc1cccn2cc(-c3ccc(C[C@@H](CNC(=O)C(C)O)NC(=O)c4ccc(OC(C)C)c(Cl)c4)cc3)nc12. The summed E-state index contributed by atoms with van der Waals surface area (Å²) in [7, 11) is 0. The van der Waals surface area contributed by atoms with E-state index in [9.17, 15) is 14.7 Å². The van der Waals surface area contributed by atoms with Gasteiger partial charge in [-0.1, -0.05) is 41.9 Å². The predicted molar refractivity (Wildman–Crippen MR) is 152 cm³/mol. The van der Waals surface area contributed by atoms with Gasteiger partial charge in [-0.05, 0) is 69.5 Å². The van der Waals surface area contributed by atoms with Crippen molar-refractivity contribution in [3.05, 3.63) is 88.7 Å². The molecule has 0 radical (unpaired) electrons. The number of carbonyl (C=O) groups is 2. The first kappa shape index (κ1) is 28.1. The van der Waals surface area contributed by atoms with Gasteiger partial charge in [0, 0.05) is 30.1 Å².